The molecule has 0 amide bonds. The van der Waals surface area contributed by atoms with Gasteiger partial charge in [-0.2, -0.15) is 5.26 Å². The van der Waals surface area contributed by atoms with Crippen LogP contribution in [0.2, 0.25) is 0 Å². The number of rotatable bonds is 5. The summed E-state index contributed by atoms with van der Waals surface area (Å²) in [5, 5.41) is 8.44. The van der Waals surface area contributed by atoms with Crippen LogP contribution in [0.4, 0.5) is 0 Å². The van der Waals surface area contributed by atoms with E-state index < -0.39 is 0 Å². The molecule has 0 aliphatic heterocycles. The van der Waals surface area contributed by atoms with Gasteiger partial charge in [-0.25, -0.2) is 9.13 Å². The maximum atomic E-state index is 8.44. The van der Waals surface area contributed by atoms with Crippen LogP contribution >= 0.6 is 0 Å². The zero-order valence-corrected chi connectivity index (χ0v) is 7.81. The van der Waals surface area contributed by atoms with Gasteiger partial charge in [-0.05, 0) is 0 Å². The first kappa shape index (κ1) is 9.75. The summed E-state index contributed by atoms with van der Waals surface area (Å²) in [7, 11) is 1.70. The number of hydrogen-bond acceptors (Lipinski definition) is 2. The molecule has 1 rings (SSSR count). The van der Waals surface area contributed by atoms with Crippen LogP contribution in [0.5, 0.6) is 0 Å². The SMILES string of the molecule is COCCC[n+]1ccn(CC#N)c1. The minimum atomic E-state index is 0.414. The normalized spacial score (nSPS) is 9.85. The van der Waals surface area contributed by atoms with Crippen molar-refractivity contribution in [1.29, 1.82) is 5.26 Å². The van der Waals surface area contributed by atoms with Crippen molar-refractivity contribution in [3.05, 3.63) is 18.7 Å². The Labute approximate surface area is 78.0 Å². The van der Waals surface area contributed by atoms with Crippen LogP contribution in [-0.2, 0) is 17.8 Å². The molecule has 4 heteroatoms. The van der Waals surface area contributed by atoms with Gasteiger partial charge in [0.25, 0.3) is 0 Å². The molecule has 1 aromatic heterocycles. The quantitative estimate of drug-likeness (QED) is 0.484. The van der Waals surface area contributed by atoms with Gasteiger partial charge in [-0.15, -0.1) is 0 Å². The molecule has 0 aliphatic rings. The monoisotopic (exact) mass is 180 g/mol. The van der Waals surface area contributed by atoms with Crippen LogP contribution < -0.4 is 4.57 Å². The second kappa shape index (κ2) is 5.33. The van der Waals surface area contributed by atoms with Gasteiger partial charge in [-0.1, -0.05) is 0 Å². The van der Waals surface area contributed by atoms with Crippen molar-refractivity contribution in [2.24, 2.45) is 0 Å². The number of ether oxygens (including phenoxy) is 1. The summed E-state index contributed by atoms with van der Waals surface area (Å²) in [6, 6.07) is 2.09. The van der Waals surface area contributed by atoms with Crippen LogP contribution in [0.25, 0.3) is 0 Å². The van der Waals surface area contributed by atoms with Crippen LogP contribution in [0, 0.1) is 11.3 Å². The van der Waals surface area contributed by atoms with Gasteiger partial charge in [-0.3, -0.25) is 0 Å². The number of nitriles is 1. The highest BCUT2D eigenvalue weighted by Gasteiger charge is 2.01. The van der Waals surface area contributed by atoms with Crippen LogP contribution in [0.1, 0.15) is 6.42 Å². The third-order valence-corrected chi connectivity index (χ3v) is 1.76. The minimum Gasteiger partial charge on any atom is -0.385 e. The molecule has 13 heavy (non-hydrogen) atoms. The van der Waals surface area contributed by atoms with E-state index in [9.17, 15) is 0 Å². The molecule has 1 heterocycles. The van der Waals surface area contributed by atoms with E-state index in [1.165, 1.54) is 0 Å². The van der Waals surface area contributed by atoms with Gasteiger partial charge in [0.1, 0.15) is 18.5 Å². The largest absolute Gasteiger partial charge is 0.385 e. The molecule has 0 aliphatic carbocycles. The van der Waals surface area contributed by atoms with E-state index in [0.29, 0.717) is 6.54 Å². The van der Waals surface area contributed by atoms with Gasteiger partial charge in [0.15, 0.2) is 6.54 Å². The molecule has 0 spiro atoms. The lowest BCUT2D eigenvalue weighted by atomic mass is 10.4. The highest BCUT2D eigenvalue weighted by molar-refractivity contribution is 4.75. The average molecular weight is 180 g/mol. The number of aryl methyl sites for hydroxylation is 1. The highest BCUT2D eigenvalue weighted by atomic mass is 16.5. The molecule has 0 radical (unpaired) electrons. The molecule has 0 atom stereocenters. The maximum absolute atomic E-state index is 8.44. The Bertz CT molecular complexity index is 287. The summed E-state index contributed by atoms with van der Waals surface area (Å²) < 4.78 is 8.85. The van der Waals surface area contributed by atoms with Crippen molar-refractivity contribution in [1.82, 2.24) is 4.57 Å². The molecule has 1 aromatic rings. The number of methoxy groups -OCH3 is 1. The van der Waals surface area contributed by atoms with Crippen LogP contribution in [-0.4, -0.2) is 18.3 Å². The predicted octanol–water partition coefficient (Wildman–Crippen LogP) is 0.336. The number of imidazole rings is 1. The predicted molar refractivity (Wildman–Crippen MR) is 46.7 cm³/mol. The second-order valence-electron chi connectivity index (χ2n) is 2.83. The van der Waals surface area contributed by atoms with E-state index in [4.69, 9.17) is 10.00 Å². The first-order valence-electron chi connectivity index (χ1n) is 4.27. The third kappa shape index (κ3) is 3.26. The average Bonchev–Trinajstić information content (AvgIpc) is 2.54. The zero-order valence-electron chi connectivity index (χ0n) is 7.81. The first-order valence-corrected chi connectivity index (χ1v) is 4.27. The Morgan fingerprint density at radius 3 is 3.15 bits per heavy atom. The van der Waals surface area contributed by atoms with Gasteiger partial charge >= 0.3 is 0 Å². The zero-order chi connectivity index (χ0) is 9.52. The molecule has 0 fully saturated rings. The van der Waals surface area contributed by atoms with Crippen molar-refractivity contribution in [3.8, 4) is 6.07 Å². The van der Waals surface area contributed by atoms with Crippen molar-refractivity contribution in [2.45, 2.75) is 19.5 Å². The summed E-state index contributed by atoms with van der Waals surface area (Å²) in [4.78, 5) is 0. The fourth-order valence-electron chi connectivity index (χ4n) is 1.14. The van der Waals surface area contributed by atoms with Crippen LogP contribution in [0.3, 0.4) is 0 Å². The van der Waals surface area contributed by atoms with E-state index >= 15 is 0 Å². The van der Waals surface area contributed by atoms with Gasteiger partial charge < -0.3 is 4.74 Å². The summed E-state index contributed by atoms with van der Waals surface area (Å²) in [6.07, 6.45) is 6.79. The molecule has 0 unspecified atom stereocenters. The molecular weight excluding hydrogens is 166 g/mol. The molecule has 0 saturated carbocycles. The van der Waals surface area contributed by atoms with Crippen molar-refractivity contribution in [2.75, 3.05) is 13.7 Å². The fraction of sp³-hybridized carbons (Fsp3) is 0.556. The van der Waals surface area contributed by atoms with Crippen molar-refractivity contribution >= 4 is 0 Å². The van der Waals surface area contributed by atoms with Gasteiger partial charge in [0, 0.05) is 20.1 Å². The van der Waals surface area contributed by atoms with Crippen molar-refractivity contribution < 1.29 is 9.30 Å². The molecule has 0 saturated heterocycles. The maximum Gasteiger partial charge on any atom is 0.244 e. The Kier molecular flexibility index (Phi) is 4.00. The van der Waals surface area contributed by atoms with Crippen LogP contribution in [0.15, 0.2) is 18.7 Å². The lowest BCUT2D eigenvalue weighted by molar-refractivity contribution is -0.697. The molecule has 4 nitrogen and oxygen atoms in total. The Morgan fingerprint density at radius 1 is 1.62 bits per heavy atom. The van der Waals surface area contributed by atoms with E-state index in [-0.39, 0.29) is 0 Å². The summed E-state index contributed by atoms with van der Waals surface area (Å²) in [5.74, 6) is 0. The Balaban J connectivity index is 2.36. The highest BCUT2D eigenvalue weighted by Crippen LogP contribution is 1.85. The lowest BCUT2D eigenvalue weighted by Crippen LogP contribution is -2.31. The number of aromatic nitrogens is 2. The summed E-state index contributed by atoms with van der Waals surface area (Å²) in [6.45, 7) is 2.12. The lowest BCUT2D eigenvalue weighted by Gasteiger charge is -1.94. The van der Waals surface area contributed by atoms with E-state index in [1.807, 2.05) is 23.3 Å². The van der Waals surface area contributed by atoms with E-state index in [1.54, 1.807) is 7.11 Å². The van der Waals surface area contributed by atoms with Gasteiger partial charge in [0.05, 0.1) is 6.54 Å². The summed E-state index contributed by atoms with van der Waals surface area (Å²) >= 11 is 0. The number of hydrogen-bond donors (Lipinski definition) is 0. The molecule has 0 N–H and O–H groups in total. The Morgan fingerprint density at radius 2 is 2.46 bits per heavy atom. The minimum absolute atomic E-state index is 0.414. The summed E-state index contributed by atoms with van der Waals surface area (Å²) in [5.41, 5.74) is 0. The van der Waals surface area contributed by atoms with E-state index in [2.05, 4.69) is 10.6 Å². The number of nitrogens with zero attached hydrogens (tertiary/aromatic N) is 3. The molecule has 0 aromatic carbocycles. The van der Waals surface area contributed by atoms with E-state index in [0.717, 1.165) is 19.6 Å². The smallest absolute Gasteiger partial charge is 0.244 e. The molecular formula is C9H14N3O+. The standard InChI is InChI=1S/C9H14N3O/c1-13-8-2-4-11-6-7-12(9-11)5-3-10/h6-7,9H,2,4-5,8H2,1H3/q+1. The van der Waals surface area contributed by atoms with Gasteiger partial charge in [0.2, 0.25) is 6.33 Å². The molecule has 70 valence electrons. The second-order valence-corrected chi connectivity index (χ2v) is 2.83. The first-order chi connectivity index (χ1) is 6.36. The van der Waals surface area contributed by atoms with Crippen molar-refractivity contribution in [3.63, 3.8) is 0 Å². The topological polar surface area (TPSA) is 41.8 Å². The third-order valence-electron chi connectivity index (χ3n) is 1.76. The fourth-order valence-corrected chi connectivity index (χ4v) is 1.14. The Hall–Kier alpha value is -1.34. The molecule has 0 bridgehead atoms.